The highest BCUT2D eigenvalue weighted by molar-refractivity contribution is 5.70. The molecule has 4 nitrogen and oxygen atoms in total. The molecular formula is C52H104O4. The molecule has 0 heterocycles. The largest absolute Gasteiger partial charge is 0.460 e. The zero-order chi connectivity index (χ0) is 42.0. The minimum atomic E-state index is -0.511. The molecule has 0 rings (SSSR count). The predicted octanol–water partition coefficient (Wildman–Crippen LogP) is 17.5. The van der Waals surface area contributed by atoms with Gasteiger partial charge in [0, 0.05) is 13.5 Å². The van der Waals surface area contributed by atoms with Gasteiger partial charge in [0.05, 0.1) is 17.8 Å². The van der Waals surface area contributed by atoms with Crippen molar-refractivity contribution in [1.29, 1.82) is 0 Å². The Hall–Kier alpha value is -0.610. The van der Waals surface area contributed by atoms with Crippen molar-refractivity contribution < 1.29 is 19.0 Å². The number of carbonyl (C=O) groups excluding carboxylic acids is 1. The maximum atomic E-state index is 13.5. The second kappa shape index (κ2) is 34.1. The van der Waals surface area contributed by atoms with Crippen molar-refractivity contribution in [1.82, 2.24) is 0 Å². The molecule has 0 atom stereocenters. The number of esters is 1. The molecule has 0 aliphatic carbocycles. The van der Waals surface area contributed by atoms with Crippen molar-refractivity contribution in [2.45, 2.75) is 304 Å². The summed E-state index contributed by atoms with van der Waals surface area (Å²) in [5.41, 5.74) is -0.993. The van der Waals surface area contributed by atoms with Gasteiger partial charge in [-0.25, -0.2) is 0 Å². The molecule has 0 saturated carbocycles. The highest BCUT2D eigenvalue weighted by atomic mass is 16.6. The molecule has 0 radical (unpaired) electrons. The minimum absolute atomic E-state index is 0.00355. The number of hydrogen-bond acceptors (Lipinski definition) is 4. The van der Waals surface area contributed by atoms with Gasteiger partial charge in [-0.3, -0.25) is 4.79 Å². The van der Waals surface area contributed by atoms with Crippen molar-refractivity contribution in [3.05, 3.63) is 0 Å². The minimum Gasteiger partial charge on any atom is -0.460 e. The monoisotopic (exact) mass is 793 g/mol. The van der Waals surface area contributed by atoms with Gasteiger partial charge in [-0.2, -0.15) is 0 Å². The average Bonchev–Trinajstić information content (AvgIpc) is 3.10. The van der Waals surface area contributed by atoms with E-state index in [0.29, 0.717) is 18.9 Å². The predicted molar refractivity (Wildman–Crippen MR) is 247 cm³/mol. The second-order valence-corrected chi connectivity index (χ2v) is 20.9. The van der Waals surface area contributed by atoms with E-state index in [0.717, 1.165) is 19.3 Å². The van der Waals surface area contributed by atoms with Gasteiger partial charge < -0.3 is 14.2 Å². The SMILES string of the molecule is CCCCCCCCCCCCCCCCC(CCCCCCCCCCCCCCCC)CC(=O)OC(C)(C)CC(C)(C)CC(C)(C)OCCC(C)(C)OC. The van der Waals surface area contributed by atoms with Crippen LogP contribution in [0.5, 0.6) is 0 Å². The molecule has 0 amide bonds. The van der Waals surface area contributed by atoms with Gasteiger partial charge in [0.2, 0.25) is 0 Å². The van der Waals surface area contributed by atoms with Crippen molar-refractivity contribution in [3.8, 4) is 0 Å². The van der Waals surface area contributed by atoms with E-state index in [1.807, 2.05) is 0 Å². The Morgan fingerprint density at radius 1 is 0.446 bits per heavy atom. The van der Waals surface area contributed by atoms with Crippen LogP contribution in [0.4, 0.5) is 0 Å². The van der Waals surface area contributed by atoms with Crippen LogP contribution >= 0.6 is 0 Å². The van der Waals surface area contributed by atoms with E-state index in [2.05, 4.69) is 69.2 Å². The summed E-state index contributed by atoms with van der Waals surface area (Å²) >= 11 is 0. The standard InChI is InChI=1S/C52H104O4/c1-12-14-16-18-20-22-24-26-28-30-32-34-36-38-40-47(41-39-37-35-33-31-29-27-25-23-21-19-17-15-13-2)44-48(53)56-52(9,10)46-49(3,4)45-51(7,8)55-43-42-50(5,6)54-11/h47H,12-46H2,1-11H3. The molecule has 0 N–H and O–H groups in total. The molecule has 56 heavy (non-hydrogen) atoms. The molecule has 336 valence electrons. The van der Waals surface area contributed by atoms with E-state index < -0.39 is 5.60 Å². The van der Waals surface area contributed by atoms with Crippen LogP contribution in [0.1, 0.15) is 288 Å². The molecule has 0 aromatic rings. The summed E-state index contributed by atoms with van der Waals surface area (Å²) in [6.07, 6.45) is 44.3. The lowest BCUT2D eigenvalue weighted by Gasteiger charge is -2.40. The van der Waals surface area contributed by atoms with Gasteiger partial charge >= 0.3 is 5.97 Å². The summed E-state index contributed by atoms with van der Waals surface area (Å²) in [5.74, 6) is 0.452. The lowest BCUT2D eigenvalue weighted by atomic mass is 9.74. The van der Waals surface area contributed by atoms with E-state index in [1.54, 1.807) is 7.11 Å². The fourth-order valence-electron chi connectivity index (χ4n) is 9.32. The average molecular weight is 793 g/mol. The number of ether oxygens (including phenoxy) is 3. The number of unbranched alkanes of at least 4 members (excludes halogenated alkanes) is 26. The summed E-state index contributed by atoms with van der Waals surface area (Å²) < 4.78 is 18.3. The quantitative estimate of drug-likeness (QED) is 0.0456. The summed E-state index contributed by atoms with van der Waals surface area (Å²) in [4.78, 5) is 13.5. The van der Waals surface area contributed by atoms with Crippen LogP contribution < -0.4 is 0 Å². The zero-order valence-corrected chi connectivity index (χ0v) is 40.5. The van der Waals surface area contributed by atoms with E-state index in [9.17, 15) is 4.79 Å². The maximum absolute atomic E-state index is 13.5. The summed E-state index contributed by atoms with van der Waals surface area (Å²) in [5, 5.41) is 0. The molecule has 0 bridgehead atoms. The fourth-order valence-corrected chi connectivity index (χ4v) is 9.32. The van der Waals surface area contributed by atoms with Crippen LogP contribution in [0.3, 0.4) is 0 Å². The lowest BCUT2D eigenvalue weighted by molar-refractivity contribution is -0.161. The molecule has 0 aliphatic heterocycles. The van der Waals surface area contributed by atoms with Crippen LogP contribution in [-0.2, 0) is 19.0 Å². The first kappa shape index (κ1) is 55.4. The number of methoxy groups -OCH3 is 1. The fraction of sp³-hybridized carbons (Fsp3) is 0.981. The number of carbonyl (C=O) groups is 1. The normalized spacial score (nSPS) is 12.9. The molecule has 0 aliphatic rings. The van der Waals surface area contributed by atoms with Gasteiger partial charge in [0.1, 0.15) is 5.60 Å². The summed E-state index contributed by atoms with van der Waals surface area (Å²) in [7, 11) is 1.76. The number of rotatable bonds is 42. The number of hydrogen-bond donors (Lipinski definition) is 0. The van der Waals surface area contributed by atoms with Crippen molar-refractivity contribution in [2.75, 3.05) is 13.7 Å². The van der Waals surface area contributed by atoms with Gasteiger partial charge in [-0.05, 0) is 85.0 Å². The Labute approximate surface area is 353 Å². The molecule has 4 heteroatoms. The van der Waals surface area contributed by atoms with Crippen molar-refractivity contribution in [3.63, 3.8) is 0 Å². The zero-order valence-electron chi connectivity index (χ0n) is 40.5. The second-order valence-electron chi connectivity index (χ2n) is 20.9. The van der Waals surface area contributed by atoms with E-state index in [1.165, 1.54) is 193 Å². The highest BCUT2D eigenvalue weighted by Crippen LogP contribution is 2.39. The molecule has 0 unspecified atom stereocenters. The third kappa shape index (κ3) is 36.5. The molecule has 0 spiro atoms. The first-order chi connectivity index (χ1) is 26.6. The Morgan fingerprint density at radius 2 is 0.768 bits per heavy atom. The molecule has 0 saturated heterocycles. The summed E-state index contributed by atoms with van der Waals surface area (Å²) in [6.45, 7) is 22.7. The Bertz CT molecular complexity index is 842. The van der Waals surface area contributed by atoms with Crippen LogP contribution in [0, 0.1) is 11.3 Å². The third-order valence-electron chi connectivity index (χ3n) is 12.3. The van der Waals surface area contributed by atoms with Gasteiger partial charge in [-0.1, -0.05) is 207 Å². The van der Waals surface area contributed by atoms with Crippen LogP contribution in [0.15, 0.2) is 0 Å². The smallest absolute Gasteiger partial charge is 0.306 e. The molecule has 0 fully saturated rings. The van der Waals surface area contributed by atoms with E-state index in [4.69, 9.17) is 14.2 Å². The van der Waals surface area contributed by atoms with Crippen LogP contribution in [0.25, 0.3) is 0 Å². The Morgan fingerprint density at radius 3 is 1.11 bits per heavy atom. The first-order valence-corrected chi connectivity index (χ1v) is 25.0. The van der Waals surface area contributed by atoms with Crippen LogP contribution in [-0.4, -0.2) is 36.5 Å². The van der Waals surface area contributed by atoms with Gasteiger partial charge in [0.25, 0.3) is 0 Å². The Kier molecular flexibility index (Phi) is 33.8. The van der Waals surface area contributed by atoms with Crippen molar-refractivity contribution in [2.24, 2.45) is 11.3 Å². The molecule has 0 aromatic heterocycles. The lowest BCUT2D eigenvalue weighted by Crippen LogP contribution is -2.39. The van der Waals surface area contributed by atoms with E-state index in [-0.39, 0.29) is 22.6 Å². The molecular weight excluding hydrogens is 689 g/mol. The highest BCUT2D eigenvalue weighted by Gasteiger charge is 2.37. The van der Waals surface area contributed by atoms with E-state index >= 15 is 0 Å². The van der Waals surface area contributed by atoms with Crippen LogP contribution in [0.2, 0.25) is 0 Å². The third-order valence-corrected chi connectivity index (χ3v) is 12.3. The summed E-state index contributed by atoms with van der Waals surface area (Å²) in [6, 6.07) is 0. The maximum Gasteiger partial charge on any atom is 0.306 e. The first-order valence-electron chi connectivity index (χ1n) is 25.0. The Balaban J connectivity index is 4.74. The van der Waals surface area contributed by atoms with Crippen molar-refractivity contribution >= 4 is 5.97 Å². The topological polar surface area (TPSA) is 44.8 Å². The van der Waals surface area contributed by atoms with Gasteiger partial charge in [0.15, 0.2) is 0 Å². The molecule has 0 aromatic carbocycles. The van der Waals surface area contributed by atoms with Gasteiger partial charge in [-0.15, -0.1) is 0 Å².